The minimum Gasteiger partial charge on any atom is -0.478 e. The van der Waals surface area contributed by atoms with Crippen molar-refractivity contribution in [3.63, 3.8) is 0 Å². The molecule has 1 aliphatic carbocycles. The molecule has 6 nitrogen and oxygen atoms in total. The maximum atomic E-state index is 5.95. The van der Waals surface area contributed by atoms with Gasteiger partial charge in [0.15, 0.2) is 5.96 Å². The molecule has 7 heteroatoms. The molecule has 1 saturated carbocycles. The molecule has 0 aromatic carbocycles. The second-order valence-corrected chi connectivity index (χ2v) is 6.24. The minimum absolute atomic E-state index is 0. The fraction of sp³-hybridized carbons (Fsp3) is 0.684. The van der Waals surface area contributed by atoms with Gasteiger partial charge in [-0.3, -0.25) is 4.99 Å². The Morgan fingerprint density at radius 2 is 2.08 bits per heavy atom. The Morgan fingerprint density at radius 3 is 2.81 bits per heavy atom. The number of nitrogens with one attached hydrogen (secondary N) is 2. The highest BCUT2D eigenvalue weighted by Crippen LogP contribution is 2.20. The van der Waals surface area contributed by atoms with Gasteiger partial charge in [-0.1, -0.05) is 25.3 Å². The minimum atomic E-state index is 0. The molecule has 0 saturated heterocycles. The number of hydrogen-bond donors (Lipinski definition) is 2. The number of aromatic nitrogens is 1. The number of halogens is 1. The largest absolute Gasteiger partial charge is 0.478 e. The van der Waals surface area contributed by atoms with E-state index in [1.165, 1.54) is 32.1 Å². The van der Waals surface area contributed by atoms with Gasteiger partial charge in [-0.05, 0) is 32.3 Å². The van der Waals surface area contributed by atoms with Crippen LogP contribution in [0.25, 0.3) is 0 Å². The lowest BCUT2D eigenvalue weighted by Crippen LogP contribution is -2.37. The Hall–Kier alpha value is -1.09. The second-order valence-electron chi connectivity index (χ2n) is 6.24. The molecule has 0 bridgehead atoms. The molecule has 1 heterocycles. The molecule has 1 fully saturated rings. The van der Waals surface area contributed by atoms with E-state index in [9.17, 15) is 0 Å². The highest BCUT2D eigenvalue weighted by atomic mass is 127. The van der Waals surface area contributed by atoms with Crippen LogP contribution in [0.1, 0.15) is 51.0 Å². The lowest BCUT2D eigenvalue weighted by Gasteiger charge is -2.22. The summed E-state index contributed by atoms with van der Waals surface area (Å²) in [5, 5.41) is 6.63. The zero-order valence-corrected chi connectivity index (χ0v) is 18.3. The third-order valence-electron chi connectivity index (χ3n) is 4.32. The van der Waals surface area contributed by atoms with Gasteiger partial charge in [-0.25, -0.2) is 4.98 Å². The van der Waals surface area contributed by atoms with Crippen molar-refractivity contribution in [2.45, 2.75) is 58.1 Å². The monoisotopic (exact) mass is 476 g/mol. The highest BCUT2D eigenvalue weighted by Gasteiger charge is 2.13. The van der Waals surface area contributed by atoms with Crippen LogP contribution < -0.4 is 15.4 Å². The number of rotatable bonds is 9. The van der Waals surface area contributed by atoms with Crippen molar-refractivity contribution >= 4 is 29.9 Å². The van der Waals surface area contributed by atoms with Crippen molar-refractivity contribution in [1.29, 1.82) is 0 Å². The summed E-state index contributed by atoms with van der Waals surface area (Å²) in [5.41, 5.74) is 1.02. The first-order valence-corrected chi connectivity index (χ1v) is 9.46. The second kappa shape index (κ2) is 14.0. The zero-order chi connectivity index (χ0) is 17.7. The van der Waals surface area contributed by atoms with Gasteiger partial charge in [0.25, 0.3) is 0 Å². The summed E-state index contributed by atoms with van der Waals surface area (Å²) in [6.45, 7) is 4.85. The smallest absolute Gasteiger partial charge is 0.218 e. The topological polar surface area (TPSA) is 67.8 Å². The summed E-state index contributed by atoms with van der Waals surface area (Å²) in [6, 6.07) is 3.93. The van der Waals surface area contributed by atoms with Gasteiger partial charge in [0, 0.05) is 38.5 Å². The predicted octanol–water partition coefficient (Wildman–Crippen LogP) is 3.50. The fourth-order valence-corrected chi connectivity index (χ4v) is 2.99. The van der Waals surface area contributed by atoms with Crippen molar-refractivity contribution in [2.75, 3.05) is 26.8 Å². The lowest BCUT2D eigenvalue weighted by atomic mass is 9.98. The molecule has 0 amide bonds. The van der Waals surface area contributed by atoms with Crippen molar-refractivity contribution < 1.29 is 9.47 Å². The number of hydrogen-bond acceptors (Lipinski definition) is 4. The van der Waals surface area contributed by atoms with Crippen LogP contribution in [-0.4, -0.2) is 43.9 Å². The van der Waals surface area contributed by atoms with Crippen LogP contribution in [0.3, 0.4) is 0 Å². The number of ether oxygens (including phenoxy) is 2. The molecule has 1 aromatic heterocycles. The van der Waals surface area contributed by atoms with Gasteiger partial charge in [-0.2, -0.15) is 0 Å². The molecule has 148 valence electrons. The van der Waals surface area contributed by atoms with Crippen molar-refractivity contribution in [3.8, 4) is 5.88 Å². The van der Waals surface area contributed by atoms with E-state index < -0.39 is 0 Å². The third-order valence-corrected chi connectivity index (χ3v) is 4.32. The molecule has 1 aromatic rings. The molecule has 2 rings (SSSR count). The first-order chi connectivity index (χ1) is 12.3. The highest BCUT2D eigenvalue weighted by molar-refractivity contribution is 14.0. The summed E-state index contributed by atoms with van der Waals surface area (Å²) >= 11 is 0. The molecule has 0 spiro atoms. The van der Waals surface area contributed by atoms with Gasteiger partial charge >= 0.3 is 0 Å². The Labute approximate surface area is 174 Å². The molecule has 0 aliphatic heterocycles. The summed E-state index contributed by atoms with van der Waals surface area (Å²) in [4.78, 5) is 8.52. The predicted molar refractivity (Wildman–Crippen MR) is 116 cm³/mol. The molecule has 0 unspecified atom stereocenters. The van der Waals surface area contributed by atoms with Crippen molar-refractivity contribution in [3.05, 3.63) is 23.9 Å². The number of nitrogens with zero attached hydrogens (tertiary/aromatic N) is 2. The van der Waals surface area contributed by atoms with E-state index in [0.29, 0.717) is 25.1 Å². The van der Waals surface area contributed by atoms with E-state index in [2.05, 4.69) is 20.6 Å². The first-order valence-electron chi connectivity index (χ1n) is 9.46. The maximum Gasteiger partial charge on any atom is 0.218 e. The summed E-state index contributed by atoms with van der Waals surface area (Å²) in [7, 11) is 1.78. The fourth-order valence-electron chi connectivity index (χ4n) is 2.99. The van der Waals surface area contributed by atoms with Gasteiger partial charge in [0.05, 0.1) is 12.7 Å². The van der Waals surface area contributed by atoms with Crippen LogP contribution in [0.15, 0.2) is 23.3 Å². The summed E-state index contributed by atoms with van der Waals surface area (Å²) in [6.07, 6.45) is 9.66. The molecule has 2 N–H and O–H groups in total. The van der Waals surface area contributed by atoms with Crippen LogP contribution in [-0.2, 0) is 11.3 Å². The summed E-state index contributed by atoms with van der Waals surface area (Å²) < 4.78 is 11.5. The molecule has 26 heavy (non-hydrogen) atoms. The Balaban J connectivity index is 0.00000338. The summed E-state index contributed by atoms with van der Waals surface area (Å²) in [5.74, 6) is 1.46. The third kappa shape index (κ3) is 8.53. The standard InChI is InChI=1S/C19H32N4O2.HI/c1-3-24-18-16(9-7-12-21-18)15-23-19(20-2)22-13-8-14-25-17-10-5-4-6-11-17;/h7,9,12,17H,3-6,8,10-11,13-15H2,1-2H3,(H2,20,22,23);1H. The lowest BCUT2D eigenvalue weighted by molar-refractivity contribution is 0.0277. The first kappa shape index (κ1) is 23.0. The van der Waals surface area contributed by atoms with E-state index in [4.69, 9.17) is 9.47 Å². The Bertz CT molecular complexity index is 522. The van der Waals surface area contributed by atoms with Crippen LogP contribution >= 0.6 is 24.0 Å². The van der Waals surface area contributed by atoms with E-state index in [-0.39, 0.29) is 24.0 Å². The van der Waals surface area contributed by atoms with E-state index in [1.54, 1.807) is 13.2 Å². The quantitative estimate of drug-likeness (QED) is 0.247. The van der Waals surface area contributed by atoms with E-state index in [0.717, 1.165) is 31.1 Å². The molecule has 1 aliphatic rings. The molecule has 0 radical (unpaired) electrons. The normalized spacial score (nSPS) is 15.2. The number of pyridine rings is 1. The average molecular weight is 476 g/mol. The van der Waals surface area contributed by atoms with Gasteiger partial charge in [0.1, 0.15) is 0 Å². The number of aliphatic imine (C=N–C) groups is 1. The van der Waals surface area contributed by atoms with Gasteiger partial charge in [0.2, 0.25) is 5.88 Å². The maximum absolute atomic E-state index is 5.95. The Morgan fingerprint density at radius 1 is 1.27 bits per heavy atom. The Kier molecular flexibility index (Phi) is 12.4. The van der Waals surface area contributed by atoms with E-state index >= 15 is 0 Å². The van der Waals surface area contributed by atoms with Gasteiger partial charge < -0.3 is 20.1 Å². The molecule has 0 atom stereocenters. The van der Waals surface area contributed by atoms with Crippen LogP contribution in [0.4, 0.5) is 0 Å². The van der Waals surface area contributed by atoms with Crippen molar-refractivity contribution in [2.24, 2.45) is 4.99 Å². The average Bonchev–Trinajstić information content (AvgIpc) is 2.66. The van der Waals surface area contributed by atoms with Crippen LogP contribution in [0.5, 0.6) is 5.88 Å². The molecular weight excluding hydrogens is 443 g/mol. The van der Waals surface area contributed by atoms with E-state index in [1.807, 2.05) is 19.1 Å². The zero-order valence-electron chi connectivity index (χ0n) is 16.0. The van der Waals surface area contributed by atoms with Gasteiger partial charge in [-0.15, -0.1) is 24.0 Å². The SMILES string of the molecule is CCOc1ncccc1CNC(=NC)NCCCOC1CCCCC1.I. The van der Waals surface area contributed by atoms with Crippen LogP contribution in [0.2, 0.25) is 0 Å². The van der Waals surface area contributed by atoms with Crippen molar-refractivity contribution in [1.82, 2.24) is 15.6 Å². The molecular formula is C19H33IN4O2. The van der Waals surface area contributed by atoms with Crippen LogP contribution in [0, 0.1) is 0 Å². The number of guanidine groups is 1.